The highest BCUT2D eigenvalue weighted by molar-refractivity contribution is 7.10. The van der Waals surface area contributed by atoms with E-state index in [2.05, 4.69) is 0 Å². The molecule has 1 amide bonds. The molecule has 2 rings (SSSR count). The first kappa shape index (κ1) is 14.9. The molecule has 0 spiro atoms. The van der Waals surface area contributed by atoms with Crippen molar-refractivity contribution in [1.29, 1.82) is 0 Å². The number of non-ortho nitro benzene ring substituents is 1. The largest absolute Gasteiger partial charge is 0.338 e. The van der Waals surface area contributed by atoms with Crippen LogP contribution in [0.5, 0.6) is 0 Å². The number of nitro groups is 1. The highest BCUT2D eigenvalue weighted by Crippen LogP contribution is 2.15. The van der Waals surface area contributed by atoms with Crippen LogP contribution in [0.15, 0.2) is 47.9 Å². The van der Waals surface area contributed by atoms with E-state index in [0.717, 1.165) is 10.4 Å². The Labute approximate surface area is 126 Å². The molecule has 21 heavy (non-hydrogen) atoms. The van der Waals surface area contributed by atoms with Crippen LogP contribution in [0.1, 0.15) is 10.4 Å². The smallest absolute Gasteiger partial charge is 0.269 e. The van der Waals surface area contributed by atoms with Crippen LogP contribution in [0.25, 0.3) is 6.08 Å². The summed E-state index contributed by atoms with van der Waals surface area (Å²) in [7, 11) is 1.67. The Bertz CT molecular complexity index is 665. The highest BCUT2D eigenvalue weighted by Gasteiger charge is 2.09. The molecule has 1 aromatic heterocycles. The second-order valence-corrected chi connectivity index (χ2v) is 5.45. The number of rotatable bonds is 5. The van der Waals surface area contributed by atoms with Gasteiger partial charge in [0, 0.05) is 36.7 Å². The van der Waals surface area contributed by atoms with Crippen LogP contribution < -0.4 is 0 Å². The van der Waals surface area contributed by atoms with Crippen molar-refractivity contribution in [3.05, 3.63) is 68.4 Å². The molecular weight excluding hydrogens is 288 g/mol. The van der Waals surface area contributed by atoms with Gasteiger partial charge >= 0.3 is 0 Å². The van der Waals surface area contributed by atoms with Crippen molar-refractivity contribution in [1.82, 2.24) is 4.90 Å². The monoisotopic (exact) mass is 302 g/mol. The van der Waals surface area contributed by atoms with Crippen LogP contribution in [-0.4, -0.2) is 22.8 Å². The minimum atomic E-state index is -0.442. The van der Waals surface area contributed by atoms with Gasteiger partial charge in [-0.05, 0) is 23.1 Å². The Balaban J connectivity index is 2.00. The minimum Gasteiger partial charge on any atom is -0.338 e. The van der Waals surface area contributed by atoms with Crippen LogP contribution in [0.4, 0.5) is 5.69 Å². The van der Waals surface area contributed by atoms with E-state index >= 15 is 0 Å². The number of nitro benzene ring substituents is 1. The van der Waals surface area contributed by atoms with Crippen LogP contribution in [0.2, 0.25) is 0 Å². The number of carbonyl (C=O) groups is 1. The van der Waals surface area contributed by atoms with E-state index in [4.69, 9.17) is 0 Å². The Morgan fingerprint density at radius 1 is 1.38 bits per heavy atom. The number of nitrogens with zero attached hydrogens (tertiary/aromatic N) is 2. The third-order valence-electron chi connectivity index (χ3n) is 2.85. The number of thiophene rings is 1. The van der Waals surface area contributed by atoms with Crippen molar-refractivity contribution in [2.24, 2.45) is 0 Å². The summed E-state index contributed by atoms with van der Waals surface area (Å²) >= 11 is 1.55. The zero-order chi connectivity index (χ0) is 15.2. The number of hydrogen-bond acceptors (Lipinski definition) is 4. The van der Waals surface area contributed by atoms with Gasteiger partial charge in [-0.15, -0.1) is 11.3 Å². The summed E-state index contributed by atoms with van der Waals surface area (Å²) in [4.78, 5) is 24.8. The van der Waals surface area contributed by atoms with Crippen LogP contribution in [-0.2, 0) is 11.3 Å². The molecule has 0 saturated carbocycles. The lowest BCUT2D eigenvalue weighted by atomic mass is 10.2. The summed E-state index contributed by atoms with van der Waals surface area (Å²) < 4.78 is 0. The molecule has 0 aliphatic rings. The van der Waals surface area contributed by atoms with Gasteiger partial charge in [0.25, 0.3) is 5.69 Å². The second kappa shape index (κ2) is 6.81. The number of benzene rings is 1. The lowest BCUT2D eigenvalue weighted by Crippen LogP contribution is -2.24. The molecule has 1 heterocycles. The molecule has 6 heteroatoms. The molecule has 108 valence electrons. The van der Waals surface area contributed by atoms with Crippen molar-refractivity contribution < 1.29 is 9.72 Å². The first-order valence-electron chi connectivity index (χ1n) is 6.26. The maximum Gasteiger partial charge on any atom is 0.269 e. The van der Waals surface area contributed by atoms with E-state index in [1.165, 1.54) is 23.1 Å². The zero-order valence-corrected chi connectivity index (χ0v) is 12.2. The van der Waals surface area contributed by atoms with Gasteiger partial charge in [0.05, 0.1) is 4.92 Å². The SMILES string of the molecule is CN(Cc1cccc([N+](=O)[O-])c1)C(=O)/C=C/c1cccs1. The lowest BCUT2D eigenvalue weighted by molar-refractivity contribution is -0.384. The van der Waals surface area contributed by atoms with Crippen molar-refractivity contribution in [3.8, 4) is 0 Å². The molecule has 5 nitrogen and oxygen atoms in total. The van der Waals surface area contributed by atoms with Crippen LogP contribution in [0, 0.1) is 10.1 Å². The first-order chi connectivity index (χ1) is 10.1. The molecular formula is C15H14N2O3S. The van der Waals surface area contributed by atoms with E-state index in [1.54, 1.807) is 36.6 Å². The van der Waals surface area contributed by atoms with E-state index < -0.39 is 4.92 Å². The summed E-state index contributed by atoms with van der Waals surface area (Å²) in [5, 5.41) is 12.7. The standard InChI is InChI=1S/C15H14N2O3S/c1-16(15(18)8-7-14-6-3-9-21-14)11-12-4-2-5-13(10-12)17(19)20/h2-10H,11H2,1H3/b8-7+. The molecule has 0 atom stereocenters. The number of hydrogen-bond donors (Lipinski definition) is 0. The van der Waals surface area contributed by atoms with Gasteiger partial charge in [-0.2, -0.15) is 0 Å². The molecule has 0 bridgehead atoms. The second-order valence-electron chi connectivity index (χ2n) is 4.47. The Kier molecular flexibility index (Phi) is 4.84. The Morgan fingerprint density at radius 2 is 2.19 bits per heavy atom. The van der Waals surface area contributed by atoms with Crippen molar-refractivity contribution >= 4 is 29.0 Å². The molecule has 2 aromatic rings. The van der Waals surface area contributed by atoms with Gasteiger partial charge in [0.1, 0.15) is 0 Å². The van der Waals surface area contributed by atoms with E-state index in [0.29, 0.717) is 6.54 Å². The summed E-state index contributed by atoms with van der Waals surface area (Å²) in [6.07, 6.45) is 3.26. The molecule has 0 unspecified atom stereocenters. The fraction of sp³-hybridized carbons (Fsp3) is 0.133. The predicted octanol–water partition coefficient (Wildman–Crippen LogP) is 3.33. The van der Waals surface area contributed by atoms with Gasteiger partial charge in [-0.3, -0.25) is 14.9 Å². The third-order valence-corrected chi connectivity index (χ3v) is 3.69. The molecule has 0 saturated heterocycles. The molecule has 0 N–H and O–H groups in total. The van der Waals surface area contributed by atoms with Gasteiger partial charge < -0.3 is 4.90 Å². The maximum absolute atomic E-state index is 12.0. The van der Waals surface area contributed by atoms with Gasteiger partial charge in [0.15, 0.2) is 0 Å². The van der Waals surface area contributed by atoms with Crippen molar-refractivity contribution in [2.75, 3.05) is 7.05 Å². The molecule has 0 radical (unpaired) electrons. The summed E-state index contributed by atoms with van der Waals surface area (Å²) in [6, 6.07) is 10.1. The topological polar surface area (TPSA) is 63.4 Å². The molecule has 0 fully saturated rings. The van der Waals surface area contributed by atoms with E-state index in [9.17, 15) is 14.9 Å². The molecule has 1 aromatic carbocycles. The third kappa shape index (κ3) is 4.25. The van der Waals surface area contributed by atoms with Crippen molar-refractivity contribution in [2.45, 2.75) is 6.54 Å². The maximum atomic E-state index is 12.0. The number of carbonyl (C=O) groups excluding carboxylic acids is 1. The fourth-order valence-electron chi connectivity index (χ4n) is 1.79. The zero-order valence-electron chi connectivity index (χ0n) is 11.4. The summed E-state index contributed by atoms with van der Waals surface area (Å²) in [5.74, 6) is -0.144. The number of amides is 1. The normalized spacial score (nSPS) is 10.7. The van der Waals surface area contributed by atoms with E-state index in [-0.39, 0.29) is 11.6 Å². The van der Waals surface area contributed by atoms with Gasteiger partial charge in [0.2, 0.25) is 5.91 Å². The molecule has 0 aliphatic heterocycles. The summed E-state index contributed by atoms with van der Waals surface area (Å²) in [6.45, 7) is 0.329. The fourth-order valence-corrected chi connectivity index (χ4v) is 2.40. The van der Waals surface area contributed by atoms with Gasteiger partial charge in [-0.25, -0.2) is 0 Å². The lowest BCUT2D eigenvalue weighted by Gasteiger charge is -2.14. The number of likely N-dealkylation sites (N-methyl/N-ethyl adjacent to an activating group) is 1. The Hall–Kier alpha value is -2.47. The predicted molar refractivity (Wildman–Crippen MR) is 82.9 cm³/mol. The first-order valence-corrected chi connectivity index (χ1v) is 7.14. The Morgan fingerprint density at radius 3 is 2.86 bits per heavy atom. The van der Waals surface area contributed by atoms with Crippen LogP contribution >= 0.6 is 11.3 Å². The molecule has 0 aliphatic carbocycles. The summed E-state index contributed by atoms with van der Waals surface area (Å²) in [5.41, 5.74) is 0.757. The highest BCUT2D eigenvalue weighted by atomic mass is 32.1. The average molecular weight is 302 g/mol. The van der Waals surface area contributed by atoms with Crippen LogP contribution in [0.3, 0.4) is 0 Å². The average Bonchev–Trinajstić information content (AvgIpc) is 2.98. The minimum absolute atomic E-state index is 0.0301. The quantitative estimate of drug-likeness (QED) is 0.483. The van der Waals surface area contributed by atoms with Crippen molar-refractivity contribution in [3.63, 3.8) is 0 Å². The van der Waals surface area contributed by atoms with E-state index in [1.807, 2.05) is 17.5 Å². The van der Waals surface area contributed by atoms with Gasteiger partial charge in [-0.1, -0.05) is 18.2 Å².